The van der Waals surface area contributed by atoms with Gasteiger partial charge < -0.3 is 10.0 Å². The van der Waals surface area contributed by atoms with Crippen molar-refractivity contribution >= 4 is 11.7 Å². The molecule has 0 amide bonds. The number of carbonyl (C=O) groups is 1. The highest BCUT2D eigenvalue weighted by molar-refractivity contribution is 5.95. The van der Waals surface area contributed by atoms with Gasteiger partial charge in [0.1, 0.15) is 0 Å². The Morgan fingerprint density at radius 1 is 1.30 bits per heavy atom. The van der Waals surface area contributed by atoms with Crippen LogP contribution in [0.5, 0.6) is 0 Å². The first-order valence-corrected chi connectivity index (χ1v) is 7.53. The smallest absolute Gasteiger partial charge is 0.337 e. The molecule has 1 unspecified atom stereocenters. The van der Waals surface area contributed by atoms with Gasteiger partial charge in [0.2, 0.25) is 0 Å². The Kier molecular flexibility index (Phi) is 6.56. The minimum atomic E-state index is -0.850. The first-order chi connectivity index (χ1) is 9.51. The molecule has 0 radical (unpaired) electrons. The lowest BCUT2D eigenvalue weighted by atomic mass is 9.90. The van der Waals surface area contributed by atoms with E-state index in [1.165, 1.54) is 19.3 Å². The summed E-state index contributed by atoms with van der Waals surface area (Å²) in [6.07, 6.45) is 5.78. The number of hydrogen-bond donors (Lipinski definition) is 1. The van der Waals surface area contributed by atoms with Crippen LogP contribution in [0.3, 0.4) is 0 Å². The van der Waals surface area contributed by atoms with Gasteiger partial charge in [-0.2, -0.15) is 0 Å². The van der Waals surface area contributed by atoms with Crippen LogP contribution in [0.1, 0.15) is 55.5 Å². The van der Waals surface area contributed by atoms with Crippen LogP contribution in [-0.2, 0) is 6.42 Å². The predicted octanol–water partition coefficient (Wildman–Crippen LogP) is 4.21. The van der Waals surface area contributed by atoms with Crippen LogP contribution in [-0.4, -0.2) is 25.2 Å². The highest BCUT2D eigenvalue weighted by atomic mass is 16.4. The number of anilines is 1. The molecule has 1 aromatic carbocycles. The number of rotatable bonds is 8. The molecular formula is C17H27NO2. The summed E-state index contributed by atoms with van der Waals surface area (Å²) in [5.41, 5.74) is 2.41. The third-order valence-corrected chi connectivity index (χ3v) is 3.85. The largest absolute Gasteiger partial charge is 0.478 e. The van der Waals surface area contributed by atoms with E-state index in [0.717, 1.165) is 24.1 Å². The van der Waals surface area contributed by atoms with Gasteiger partial charge in [-0.05, 0) is 24.0 Å². The van der Waals surface area contributed by atoms with E-state index in [1.807, 2.05) is 25.1 Å². The Morgan fingerprint density at radius 3 is 2.50 bits per heavy atom. The number of benzene rings is 1. The van der Waals surface area contributed by atoms with Gasteiger partial charge in [-0.15, -0.1) is 0 Å². The van der Waals surface area contributed by atoms with Crippen molar-refractivity contribution in [3.05, 3.63) is 29.3 Å². The average molecular weight is 277 g/mol. The molecule has 0 aliphatic heterocycles. The lowest BCUT2D eigenvalue weighted by molar-refractivity contribution is 0.0697. The van der Waals surface area contributed by atoms with Crippen LogP contribution in [0.25, 0.3) is 0 Å². The first kappa shape index (κ1) is 16.5. The molecule has 0 heterocycles. The van der Waals surface area contributed by atoms with Crippen molar-refractivity contribution < 1.29 is 9.90 Å². The van der Waals surface area contributed by atoms with E-state index in [4.69, 9.17) is 0 Å². The van der Waals surface area contributed by atoms with Crippen molar-refractivity contribution in [1.82, 2.24) is 0 Å². The molecule has 0 fully saturated rings. The molecule has 0 aromatic heterocycles. The third kappa shape index (κ3) is 4.26. The van der Waals surface area contributed by atoms with Crippen molar-refractivity contribution in [2.75, 3.05) is 19.0 Å². The Morgan fingerprint density at radius 2 is 2.00 bits per heavy atom. The summed E-state index contributed by atoms with van der Waals surface area (Å²) in [6.45, 7) is 4.43. The second-order valence-corrected chi connectivity index (χ2v) is 5.63. The second-order valence-electron chi connectivity index (χ2n) is 5.63. The minimum absolute atomic E-state index is 0.401. The number of carboxylic acids is 1. The standard InChI is InChI=1S/C17H27NO2/c1-5-7-9-13(6-2)12-14-10-8-11-15(17(19)20)16(14)18(3)4/h8,10-11,13H,5-7,9,12H2,1-4H3,(H,19,20). The van der Waals surface area contributed by atoms with E-state index in [0.29, 0.717) is 11.5 Å². The molecule has 112 valence electrons. The number of unbranched alkanes of at least 4 members (excludes halogenated alkanes) is 1. The maximum absolute atomic E-state index is 11.4. The fourth-order valence-corrected chi connectivity index (χ4v) is 2.71. The van der Waals surface area contributed by atoms with Gasteiger partial charge in [0.25, 0.3) is 0 Å². The van der Waals surface area contributed by atoms with E-state index in [1.54, 1.807) is 6.07 Å². The summed E-state index contributed by atoms with van der Waals surface area (Å²) in [6, 6.07) is 5.61. The summed E-state index contributed by atoms with van der Waals surface area (Å²) in [5, 5.41) is 9.35. The fourth-order valence-electron chi connectivity index (χ4n) is 2.71. The number of carboxylic acid groups (broad SMARTS) is 1. The monoisotopic (exact) mass is 277 g/mol. The molecule has 0 aliphatic carbocycles. The second kappa shape index (κ2) is 7.93. The normalized spacial score (nSPS) is 12.2. The summed E-state index contributed by atoms with van der Waals surface area (Å²) in [5.74, 6) is -0.213. The van der Waals surface area contributed by atoms with Crippen molar-refractivity contribution in [2.45, 2.75) is 46.0 Å². The molecule has 0 saturated carbocycles. The van der Waals surface area contributed by atoms with Crippen LogP contribution in [0, 0.1) is 5.92 Å². The van der Waals surface area contributed by atoms with Gasteiger partial charge in [0, 0.05) is 14.1 Å². The van der Waals surface area contributed by atoms with Gasteiger partial charge in [-0.1, -0.05) is 51.7 Å². The fraction of sp³-hybridized carbons (Fsp3) is 0.588. The summed E-state index contributed by atoms with van der Waals surface area (Å²) >= 11 is 0. The maximum atomic E-state index is 11.4. The summed E-state index contributed by atoms with van der Waals surface area (Å²) in [4.78, 5) is 13.3. The van der Waals surface area contributed by atoms with Crippen molar-refractivity contribution in [3.63, 3.8) is 0 Å². The highest BCUT2D eigenvalue weighted by Crippen LogP contribution is 2.28. The first-order valence-electron chi connectivity index (χ1n) is 7.53. The van der Waals surface area contributed by atoms with E-state index in [9.17, 15) is 9.90 Å². The Labute approximate surface area is 122 Å². The van der Waals surface area contributed by atoms with Gasteiger partial charge in [-0.25, -0.2) is 4.79 Å². The lowest BCUT2D eigenvalue weighted by Crippen LogP contribution is -2.17. The predicted molar refractivity (Wildman–Crippen MR) is 84.7 cm³/mol. The summed E-state index contributed by atoms with van der Waals surface area (Å²) < 4.78 is 0. The number of hydrogen-bond acceptors (Lipinski definition) is 2. The van der Waals surface area contributed by atoms with E-state index >= 15 is 0 Å². The zero-order valence-corrected chi connectivity index (χ0v) is 13.1. The minimum Gasteiger partial charge on any atom is -0.478 e. The van der Waals surface area contributed by atoms with E-state index in [-0.39, 0.29) is 0 Å². The molecule has 1 N–H and O–H groups in total. The molecule has 1 aromatic rings. The topological polar surface area (TPSA) is 40.5 Å². The molecule has 0 bridgehead atoms. The van der Waals surface area contributed by atoms with Gasteiger partial charge in [0.05, 0.1) is 11.3 Å². The van der Waals surface area contributed by atoms with Crippen LogP contribution in [0.15, 0.2) is 18.2 Å². The zero-order chi connectivity index (χ0) is 15.1. The molecule has 0 spiro atoms. The molecule has 3 heteroatoms. The Bertz CT molecular complexity index is 441. The van der Waals surface area contributed by atoms with Crippen LogP contribution < -0.4 is 4.90 Å². The molecule has 1 atom stereocenters. The third-order valence-electron chi connectivity index (χ3n) is 3.85. The average Bonchev–Trinajstić information content (AvgIpc) is 2.42. The van der Waals surface area contributed by atoms with E-state index < -0.39 is 5.97 Å². The number of para-hydroxylation sites is 1. The maximum Gasteiger partial charge on any atom is 0.337 e. The SMILES string of the molecule is CCCCC(CC)Cc1cccc(C(=O)O)c1N(C)C. The van der Waals surface area contributed by atoms with Crippen molar-refractivity contribution in [2.24, 2.45) is 5.92 Å². The molecule has 1 rings (SSSR count). The molecule has 3 nitrogen and oxygen atoms in total. The van der Waals surface area contributed by atoms with Gasteiger partial charge in [0.15, 0.2) is 0 Å². The van der Waals surface area contributed by atoms with Crippen LogP contribution in [0.4, 0.5) is 5.69 Å². The molecule has 0 saturated heterocycles. The molecule has 20 heavy (non-hydrogen) atoms. The van der Waals surface area contributed by atoms with Crippen LogP contribution in [0.2, 0.25) is 0 Å². The lowest BCUT2D eigenvalue weighted by Gasteiger charge is -2.23. The van der Waals surface area contributed by atoms with Gasteiger partial charge in [-0.3, -0.25) is 0 Å². The molecule has 0 aliphatic rings. The van der Waals surface area contributed by atoms with Crippen molar-refractivity contribution in [3.8, 4) is 0 Å². The zero-order valence-electron chi connectivity index (χ0n) is 13.1. The Hall–Kier alpha value is -1.51. The highest BCUT2D eigenvalue weighted by Gasteiger charge is 2.17. The van der Waals surface area contributed by atoms with Crippen molar-refractivity contribution in [1.29, 1.82) is 0 Å². The Balaban J connectivity index is 3.04. The molecular weight excluding hydrogens is 250 g/mol. The number of aromatic carboxylic acids is 1. The van der Waals surface area contributed by atoms with Crippen LogP contribution >= 0.6 is 0 Å². The number of nitrogens with zero attached hydrogens (tertiary/aromatic N) is 1. The summed E-state index contributed by atoms with van der Waals surface area (Å²) in [7, 11) is 3.83. The van der Waals surface area contributed by atoms with Gasteiger partial charge >= 0.3 is 5.97 Å². The van der Waals surface area contributed by atoms with E-state index in [2.05, 4.69) is 19.9 Å². The quantitative estimate of drug-likeness (QED) is 0.773.